The van der Waals surface area contributed by atoms with Gasteiger partial charge in [0, 0.05) is 4.47 Å². The van der Waals surface area contributed by atoms with Crippen LogP contribution in [0.2, 0.25) is 0 Å². The highest BCUT2D eigenvalue weighted by molar-refractivity contribution is 9.10. The zero-order valence-electron chi connectivity index (χ0n) is 11.5. The lowest BCUT2D eigenvalue weighted by Crippen LogP contribution is -2.25. The summed E-state index contributed by atoms with van der Waals surface area (Å²) >= 11 is 3.34. The van der Waals surface area contributed by atoms with Crippen LogP contribution < -0.4 is 10.2 Å². The number of rotatable bonds is 5. The second kappa shape index (κ2) is 7.59. The van der Waals surface area contributed by atoms with Crippen molar-refractivity contribution in [2.24, 2.45) is 5.10 Å². The third kappa shape index (κ3) is 5.04. The molecular weight excluding hydrogens is 332 g/mol. The van der Waals surface area contributed by atoms with Crippen molar-refractivity contribution < 1.29 is 9.53 Å². The van der Waals surface area contributed by atoms with Crippen molar-refractivity contribution in [3.63, 3.8) is 0 Å². The van der Waals surface area contributed by atoms with Gasteiger partial charge in [0.25, 0.3) is 5.91 Å². The lowest BCUT2D eigenvalue weighted by molar-refractivity contribution is -0.123. The van der Waals surface area contributed by atoms with Crippen LogP contribution in [0.4, 0.5) is 0 Å². The molecule has 0 aliphatic rings. The predicted octanol–water partition coefficient (Wildman–Crippen LogP) is 3.37. The van der Waals surface area contributed by atoms with E-state index in [2.05, 4.69) is 26.5 Å². The minimum absolute atomic E-state index is 0.0762. The standard InChI is InChI=1S/C16H15BrN2O2/c1-12(13-5-3-2-4-6-13)18-19-16(20)11-21-15-9-7-14(17)8-10-15/h2-10H,11H2,1H3,(H,19,20). The van der Waals surface area contributed by atoms with Gasteiger partial charge in [-0.2, -0.15) is 5.10 Å². The topological polar surface area (TPSA) is 50.7 Å². The lowest BCUT2D eigenvalue weighted by Gasteiger charge is -2.06. The molecule has 5 heteroatoms. The van der Waals surface area contributed by atoms with Crippen LogP contribution in [0, 0.1) is 0 Å². The van der Waals surface area contributed by atoms with E-state index in [1.807, 2.05) is 49.4 Å². The number of carbonyl (C=O) groups excluding carboxylic acids is 1. The average Bonchev–Trinajstić information content (AvgIpc) is 2.53. The lowest BCUT2D eigenvalue weighted by atomic mass is 10.1. The van der Waals surface area contributed by atoms with E-state index >= 15 is 0 Å². The quantitative estimate of drug-likeness (QED) is 0.666. The molecule has 0 atom stereocenters. The summed E-state index contributed by atoms with van der Waals surface area (Å²) in [5.74, 6) is 0.338. The molecule has 4 nitrogen and oxygen atoms in total. The van der Waals surface area contributed by atoms with Crippen molar-refractivity contribution in [1.82, 2.24) is 5.43 Å². The normalized spacial score (nSPS) is 11.0. The van der Waals surface area contributed by atoms with Gasteiger partial charge < -0.3 is 4.74 Å². The number of ether oxygens (including phenoxy) is 1. The van der Waals surface area contributed by atoms with Crippen LogP contribution in [0.5, 0.6) is 5.75 Å². The molecule has 2 rings (SSSR count). The Balaban J connectivity index is 1.83. The number of hydrogen-bond acceptors (Lipinski definition) is 3. The first-order chi connectivity index (χ1) is 10.1. The molecule has 21 heavy (non-hydrogen) atoms. The molecule has 0 heterocycles. The van der Waals surface area contributed by atoms with E-state index in [1.165, 1.54) is 0 Å². The molecule has 2 aromatic rings. The number of hydrogen-bond donors (Lipinski definition) is 1. The van der Waals surface area contributed by atoms with Crippen LogP contribution in [0.15, 0.2) is 64.2 Å². The third-order valence-electron chi connectivity index (χ3n) is 2.72. The molecule has 0 aliphatic heterocycles. The Morgan fingerprint density at radius 2 is 1.81 bits per heavy atom. The van der Waals surface area contributed by atoms with Crippen LogP contribution in [0.3, 0.4) is 0 Å². The van der Waals surface area contributed by atoms with Gasteiger partial charge in [0.2, 0.25) is 0 Å². The van der Waals surface area contributed by atoms with Gasteiger partial charge in [0.15, 0.2) is 6.61 Å². The molecule has 0 saturated carbocycles. The second-order valence-electron chi connectivity index (χ2n) is 4.34. The maximum absolute atomic E-state index is 11.7. The van der Waals surface area contributed by atoms with E-state index < -0.39 is 0 Å². The number of nitrogens with zero attached hydrogens (tertiary/aromatic N) is 1. The van der Waals surface area contributed by atoms with Gasteiger partial charge in [-0.3, -0.25) is 4.79 Å². The van der Waals surface area contributed by atoms with Crippen LogP contribution in [0.1, 0.15) is 12.5 Å². The van der Waals surface area contributed by atoms with Gasteiger partial charge in [-0.25, -0.2) is 5.43 Å². The summed E-state index contributed by atoms with van der Waals surface area (Å²) in [5, 5.41) is 4.05. The number of nitrogens with one attached hydrogen (secondary N) is 1. The van der Waals surface area contributed by atoms with E-state index in [1.54, 1.807) is 12.1 Å². The van der Waals surface area contributed by atoms with Crippen molar-refractivity contribution in [3.8, 4) is 5.75 Å². The Labute approximate surface area is 132 Å². The molecule has 2 aromatic carbocycles. The van der Waals surface area contributed by atoms with E-state index in [0.29, 0.717) is 5.75 Å². The van der Waals surface area contributed by atoms with Crippen molar-refractivity contribution in [1.29, 1.82) is 0 Å². The van der Waals surface area contributed by atoms with E-state index in [4.69, 9.17) is 4.74 Å². The smallest absolute Gasteiger partial charge is 0.277 e. The number of hydrazone groups is 1. The Morgan fingerprint density at radius 1 is 1.14 bits per heavy atom. The highest BCUT2D eigenvalue weighted by Gasteiger charge is 2.02. The maximum Gasteiger partial charge on any atom is 0.277 e. The highest BCUT2D eigenvalue weighted by atomic mass is 79.9. The van der Waals surface area contributed by atoms with Crippen LogP contribution in [0.25, 0.3) is 0 Å². The van der Waals surface area contributed by atoms with E-state index in [0.717, 1.165) is 15.7 Å². The molecule has 0 bridgehead atoms. The average molecular weight is 347 g/mol. The SMILES string of the molecule is CC(=NNC(=O)COc1ccc(Br)cc1)c1ccccc1. The summed E-state index contributed by atoms with van der Waals surface area (Å²) in [6, 6.07) is 16.9. The summed E-state index contributed by atoms with van der Waals surface area (Å²) in [6.07, 6.45) is 0. The highest BCUT2D eigenvalue weighted by Crippen LogP contribution is 2.15. The van der Waals surface area contributed by atoms with Crippen molar-refractivity contribution in [2.75, 3.05) is 6.61 Å². The Hall–Kier alpha value is -2.14. The summed E-state index contributed by atoms with van der Waals surface area (Å²) in [4.78, 5) is 11.7. The summed E-state index contributed by atoms with van der Waals surface area (Å²) in [7, 11) is 0. The van der Waals surface area contributed by atoms with Gasteiger partial charge in [0.1, 0.15) is 5.75 Å². The molecule has 0 unspecified atom stereocenters. The summed E-state index contributed by atoms with van der Waals surface area (Å²) < 4.78 is 6.32. The molecule has 0 aromatic heterocycles. The van der Waals surface area contributed by atoms with E-state index in [9.17, 15) is 4.79 Å². The number of halogens is 1. The van der Waals surface area contributed by atoms with Crippen LogP contribution >= 0.6 is 15.9 Å². The minimum atomic E-state index is -0.298. The molecule has 108 valence electrons. The molecule has 0 radical (unpaired) electrons. The summed E-state index contributed by atoms with van der Waals surface area (Å²) in [5.41, 5.74) is 4.18. The van der Waals surface area contributed by atoms with Crippen LogP contribution in [-0.4, -0.2) is 18.2 Å². The van der Waals surface area contributed by atoms with Crippen molar-refractivity contribution in [2.45, 2.75) is 6.92 Å². The van der Waals surface area contributed by atoms with Gasteiger partial charge in [-0.05, 0) is 36.8 Å². The largest absolute Gasteiger partial charge is 0.484 e. The van der Waals surface area contributed by atoms with Gasteiger partial charge in [0.05, 0.1) is 5.71 Å². The molecule has 1 N–H and O–H groups in total. The third-order valence-corrected chi connectivity index (χ3v) is 3.25. The van der Waals surface area contributed by atoms with Crippen molar-refractivity contribution in [3.05, 3.63) is 64.6 Å². The van der Waals surface area contributed by atoms with Gasteiger partial charge in [-0.15, -0.1) is 0 Å². The number of benzene rings is 2. The monoisotopic (exact) mass is 346 g/mol. The molecule has 0 saturated heterocycles. The predicted molar refractivity (Wildman–Crippen MR) is 86.4 cm³/mol. The first kappa shape index (κ1) is 15.3. The minimum Gasteiger partial charge on any atom is -0.484 e. The first-order valence-corrected chi connectivity index (χ1v) is 7.21. The fourth-order valence-corrected chi connectivity index (χ4v) is 1.87. The zero-order valence-corrected chi connectivity index (χ0v) is 13.1. The van der Waals surface area contributed by atoms with Gasteiger partial charge in [-0.1, -0.05) is 46.3 Å². The molecule has 0 spiro atoms. The Kier molecular flexibility index (Phi) is 5.51. The van der Waals surface area contributed by atoms with E-state index in [-0.39, 0.29) is 12.5 Å². The number of amides is 1. The van der Waals surface area contributed by atoms with Gasteiger partial charge >= 0.3 is 0 Å². The molecule has 0 fully saturated rings. The first-order valence-electron chi connectivity index (χ1n) is 6.42. The van der Waals surface area contributed by atoms with Crippen LogP contribution in [-0.2, 0) is 4.79 Å². The molecule has 1 amide bonds. The molecular formula is C16H15BrN2O2. The van der Waals surface area contributed by atoms with Crippen molar-refractivity contribution >= 4 is 27.5 Å². The fourth-order valence-electron chi connectivity index (χ4n) is 1.60. The fraction of sp³-hybridized carbons (Fsp3) is 0.125. The zero-order chi connectivity index (χ0) is 15.1. The number of carbonyl (C=O) groups is 1. The Morgan fingerprint density at radius 3 is 2.48 bits per heavy atom. The second-order valence-corrected chi connectivity index (χ2v) is 5.26. The maximum atomic E-state index is 11.7. The Bertz CT molecular complexity index is 624. The summed E-state index contributed by atoms with van der Waals surface area (Å²) in [6.45, 7) is 1.76. The molecule has 0 aliphatic carbocycles.